The van der Waals surface area contributed by atoms with E-state index in [1.54, 1.807) is 12.4 Å². The molecule has 1 amide bonds. The molecular formula is C23H31N3O2. The number of Topliss-reactive ketones (excluding diaryl/α,β-unsaturated/α-hetero) is 1. The summed E-state index contributed by atoms with van der Waals surface area (Å²) >= 11 is 0. The van der Waals surface area contributed by atoms with Crippen molar-refractivity contribution in [1.82, 2.24) is 14.9 Å². The number of likely N-dealkylation sites (tertiary alicyclic amines) is 1. The normalized spacial score (nSPS) is 21.2. The Morgan fingerprint density at radius 1 is 1.29 bits per heavy atom. The van der Waals surface area contributed by atoms with Crippen LogP contribution >= 0.6 is 0 Å². The minimum atomic E-state index is 0.0490. The molecule has 3 heterocycles. The van der Waals surface area contributed by atoms with E-state index < -0.39 is 0 Å². The van der Waals surface area contributed by atoms with E-state index in [4.69, 9.17) is 0 Å². The zero-order valence-corrected chi connectivity index (χ0v) is 17.3. The van der Waals surface area contributed by atoms with Crippen molar-refractivity contribution >= 4 is 22.6 Å². The highest BCUT2D eigenvalue weighted by Gasteiger charge is 2.54. The van der Waals surface area contributed by atoms with Crippen LogP contribution in [-0.2, 0) is 4.79 Å². The maximum absolute atomic E-state index is 12.6. The van der Waals surface area contributed by atoms with Crippen LogP contribution in [0.25, 0.3) is 10.9 Å². The van der Waals surface area contributed by atoms with E-state index in [1.807, 2.05) is 12.1 Å². The number of aromatic amines is 1. The third-order valence-electron chi connectivity index (χ3n) is 6.59. The molecule has 1 atom stereocenters. The number of carbonyl (C=O) groups excluding carboxylic acids is 2. The molecule has 1 aliphatic carbocycles. The number of hydrogen-bond donors (Lipinski definition) is 1. The number of aromatic nitrogens is 2. The number of nitrogens with zero attached hydrogens (tertiary/aromatic N) is 2. The first-order valence-corrected chi connectivity index (χ1v) is 10.5. The Kier molecular flexibility index (Phi) is 4.80. The van der Waals surface area contributed by atoms with Gasteiger partial charge in [0.15, 0.2) is 5.78 Å². The molecule has 1 aliphatic heterocycles. The number of amides is 1. The molecule has 2 fully saturated rings. The molecule has 2 aromatic rings. The quantitative estimate of drug-likeness (QED) is 0.770. The molecular weight excluding hydrogens is 350 g/mol. The highest BCUT2D eigenvalue weighted by molar-refractivity contribution is 5.99. The lowest BCUT2D eigenvalue weighted by Crippen LogP contribution is -2.40. The van der Waals surface area contributed by atoms with Gasteiger partial charge in [-0.1, -0.05) is 20.8 Å². The fourth-order valence-corrected chi connectivity index (χ4v) is 4.78. The molecule has 2 aromatic heterocycles. The number of H-pyrrole nitrogens is 1. The van der Waals surface area contributed by atoms with Crippen molar-refractivity contribution in [3.8, 4) is 0 Å². The Labute approximate surface area is 166 Å². The third-order valence-corrected chi connectivity index (χ3v) is 6.59. The molecule has 28 heavy (non-hydrogen) atoms. The van der Waals surface area contributed by atoms with Crippen molar-refractivity contribution < 1.29 is 9.59 Å². The number of carbonyl (C=O) groups is 2. The molecule has 4 rings (SSSR count). The number of ketones is 1. The van der Waals surface area contributed by atoms with Gasteiger partial charge in [-0.15, -0.1) is 0 Å². The Morgan fingerprint density at radius 2 is 2.04 bits per heavy atom. The first-order chi connectivity index (χ1) is 13.3. The van der Waals surface area contributed by atoms with Gasteiger partial charge >= 0.3 is 0 Å². The molecule has 1 saturated heterocycles. The number of pyridine rings is 1. The molecule has 5 heteroatoms. The van der Waals surface area contributed by atoms with Gasteiger partial charge < -0.3 is 9.88 Å². The van der Waals surface area contributed by atoms with Gasteiger partial charge in [0.25, 0.3) is 0 Å². The van der Waals surface area contributed by atoms with Crippen LogP contribution in [0.15, 0.2) is 24.5 Å². The van der Waals surface area contributed by atoms with Crippen molar-refractivity contribution in [1.29, 1.82) is 0 Å². The second kappa shape index (κ2) is 7.02. The predicted molar refractivity (Wildman–Crippen MR) is 110 cm³/mol. The summed E-state index contributed by atoms with van der Waals surface area (Å²) in [5.41, 5.74) is 2.10. The maximum Gasteiger partial charge on any atom is 0.223 e. The summed E-state index contributed by atoms with van der Waals surface area (Å²) in [4.78, 5) is 34.4. The van der Waals surface area contributed by atoms with Crippen LogP contribution in [0.3, 0.4) is 0 Å². The van der Waals surface area contributed by atoms with Gasteiger partial charge in [-0.05, 0) is 54.6 Å². The van der Waals surface area contributed by atoms with Gasteiger partial charge in [0.05, 0.1) is 5.69 Å². The lowest BCUT2D eigenvalue weighted by molar-refractivity contribution is -0.134. The zero-order valence-electron chi connectivity index (χ0n) is 17.3. The van der Waals surface area contributed by atoms with Crippen LogP contribution in [0.2, 0.25) is 0 Å². The van der Waals surface area contributed by atoms with Gasteiger partial charge in [-0.25, -0.2) is 0 Å². The Hall–Kier alpha value is -2.17. The average molecular weight is 382 g/mol. The van der Waals surface area contributed by atoms with Crippen LogP contribution in [0, 0.1) is 16.7 Å². The summed E-state index contributed by atoms with van der Waals surface area (Å²) in [5, 5.41) is 0.987. The Balaban J connectivity index is 1.26. The Morgan fingerprint density at radius 3 is 2.71 bits per heavy atom. The number of fused-ring (bicyclic) bond motifs is 1. The highest BCUT2D eigenvalue weighted by atomic mass is 16.2. The second-order valence-corrected chi connectivity index (χ2v) is 9.99. The van der Waals surface area contributed by atoms with Gasteiger partial charge in [0.1, 0.15) is 0 Å². The lowest BCUT2D eigenvalue weighted by Gasteiger charge is -2.34. The first kappa shape index (κ1) is 19.2. The van der Waals surface area contributed by atoms with Crippen molar-refractivity contribution in [3.63, 3.8) is 0 Å². The second-order valence-electron chi connectivity index (χ2n) is 9.99. The van der Waals surface area contributed by atoms with Crippen LogP contribution in [0.5, 0.6) is 0 Å². The predicted octanol–water partition coefficient (Wildman–Crippen LogP) is 4.59. The fourth-order valence-electron chi connectivity index (χ4n) is 4.78. The molecule has 1 spiro atoms. The zero-order chi connectivity index (χ0) is 19.9. The first-order valence-electron chi connectivity index (χ1n) is 10.5. The smallest absolute Gasteiger partial charge is 0.223 e. The van der Waals surface area contributed by atoms with Gasteiger partial charge in [-0.2, -0.15) is 0 Å². The van der Waals surface area contributed by atoms with Gasteiger partial charge in [0.2, 0.25) is 5.91 Å². The maximum atomic E-state index is 12.6. The van der Waals surface area contributed by atoms with Crippen molar-refractivity contribution in [2.75, 3.05) is 13.1 Å². The van der Waals surface area contributed by atoms with E-state index in [2.05, 4.69) is 35.6 Å². The SMILES string of the molecule is CC(C)(C)CC(=O)N1CCC2(CC1)CC2CCC(=O)c1cc2cnccc2[nH]1. The summed E-state index contributed by atoms with van der Waals surface area (Å²) in [6.45, 7) is 8.12. The molecule has 0 radical (unpaired) electrons. The molecule has 0 aromatic carbocycles. The number of hydrogen-bond acceptors (Lipinski definition) is 3. The van der Waals surface area contributed by atoms with Crippen molar-refractivity contribution in [3.05, 3.63) is 30.2 Å². The summed E-state index contributed by atoms with van der Waals surface area (Å²) in [7, 11) is 0. The summed E-state index contributed by atoms with van der Waals surface area (Å²) in [6, 6.07) is 3.81. The topological polar surface area (TPSA) is 66.1 Å². The minimum absolute atomic E-state index is 0.0490. The van der Waals surface area contributed by atoms with Crippen molar-refractivity contribution in [2.24, 2.45) is 16.7 Å². The van der Waals surface area contributed by atoms with E-state index in [1.165, 1.54) is 6.42 Å². The molecule has 5 nitrogen and oxygen atoms in total. The van der Waals surface area contributed by atoms with Crippen LogP contribution < -0.4 is 0 Å². The molecule has 1 N–H and O–H groups in total. The van der Waals surface area contributed by atoms with Crippen LogP contribution in [0.1, 0.15) is 69.8 Å². The van der Waals surface area contributed by atoms with E-state index in [0.29, 0.717) is 35.8 Å². The highest BCUT2D eigenvalue weighted by Crippen LogP contribution is 2.61. The summed E-state index contributed by atoms with van der Waals surface area (Å²) in [5.74, 6) is 1.13. The fraction of sp³-hybridized carbons (Fsp3) is 0.609. The van der Waals surface area contributed by atoms with E-state index >= 15 is 0 Å². The third kappa shape index (κ3) is 3.98. The minimum Gasteiger partial charge on any atom is -0.352 e. The summed E-state index contributed by atoms with van der Waals surface area (Å²) in [6.07, 6.45) is 9.12. The van der Waals surface area contributed by atoms with E-state index in [0.717, 1.165) is 43.3 Å². The molecule has 2 aliphatic rings. The van der Waals surface area contributed by atoms with Crippen LogP contribution in [0.4, 0.5) is 0 Å². The number of nitrogens with one attached hydrogen (secondary N) is 1. The summed E-state index contributed by atoms with van der Waals surface area (Å²) < 4.78 is 0. The monoisotopic (exact) mass is 381 g/mol. The average Bonchev–Trinajstić information content (AvgIpc) is 3.11. The molecule has 0 bridgehead atoms. The van der Waals surface area contributed by atoms with Gasteiger partial charge in [0, 0.05) is 49.2 Å². The standard InChI is InChI=1S/C23H31N3O2/c1-22(2,3)14-21(28)26-10-7-23(8-11-26)13-17(23)4-5-20(27)19-12-16-15-24-9-6-18(16)25-19/h6,9,12,15,17,25H,4-5,7-8,10-11,13-14H2,1-3H3. The van der Waals surface area contributed by atoms with Gasteiger partial charge in [-0.3, -0.25) is 14.6 Å². The number of piperidine rings is 1. The molecule has 150 valence electrons. The lowest BCUT2D eigenvalue weighted by atomic mass is 9.87. The molecule has 1 unspecified atom stereocenters. The Bertz CT molecular complexity index is 852. The van der Waals surface area contributed by atoms with E-state index in [9.17, 15) is 9.59 Å². The van der Waals surface area contributed by atoms with Crippen LogP contribution in [-0.4, -0.2) is 39.6 Å². The largest absolute Gasteiger partial charge is 0.352 e. The molecule has 1 saturated carbocycles. The van der Waals surface area contributed by atoms with E-state index in [-0.39, 0.29) is 11.2 Å². The number of rotatable bonds is 5. The van der Waals surface area contributed by atoms with Crippen molar-refractivity contribution in [2.45, 2.75) is 59.3 Å².